The number of carbonyl (C=O) groups excluding carboxylic acids is 1. The van der Waals surface area contributed by atoms with Crippen LogP contribution in [-0.2, 0) is 0 Å². The van der Waals surface area contributed by atoms with E-state index in [-0.39, 0.29) is 5.91 Å². The molecule has 0 fully saturated rings. The third-order valence-electron chi connectivity index (χ3n) is 2.15. The summed E-state index contributed by atoms with van der Waals surface area (Å²) in [6, 6.07) is 6.95. The van der Waals surface area contributed by atoms with Crippen molar-refractivity contribution in [2.24, 2.45) is 0 Å². The van der Waals surface area contributed by atoms with Crippen LogP contribution in [0.4, 0.5) is 0 Å². The lowest BCUT2D eigenvalue weighted by Crippen LogP contribution is -2.27. The lowest BCUT2D eigenvalue weighted by atomic mass is 10.2. The molecule has 0 bridgehead atoms. The summed E-state index contributed by atoms with van der Waals surface area (Å²) in [6.45, 7) is 4.62. The zero-order valence-electron chi connectivity index (χ0n) is 9.42. The molecule has 0 aliphatic rings. The van der Waals surface area contributed by atoms with Crippen LogP contribution in [-0.4, -0.2) is 25.5 Å². The van der Waals surface area contributed by atoms with Crippen LogP contribution < -0.4 is 10.6 Å². The van der Waals surface area contributed by atoms with Gasteiger partial charge in [0.15, 0.2) is 0 Å². The molecule has 2 N–H and O–H groups in total. The first-order valence-corrected chi connectivity index (χ1v) is 5.86. The summed E-state index contributed by atoms with van der Waals surface area (Å²) < 4.78 is 0. The smallest absolute Gasteiger partial charge is 0.251 e. The van der Waals surface area contributed by atoms with Gasteiger partial charge in [0.2, 0.25) is 0 Å². The first-order valence-electron chi connectivity index (χ1n) is 5.48. The summed E-state index contributed by atoms with van der Waals surface area (Å²) in [4.78, 5) is 11.6. The first-order chi connectivity index (χ1) is 7.74. The number of nitrogens with one attached hydrogen (secondary N) is 2. The highest BCUT2D eigenvalue weighted by molar-refractivity contribution is 6.30. The van der Waals surface area contributed by atoms with Crippen molar-refractivity contribution < 1.29 is 4.79 Å². The summed E-state index contributed by atoms with van der Waals surface area (Å²) in [7, 11) is 0. The van der Waals surface area contributed by atoms with Crippen LogP contribution in [0.15, 0.2) is 24.3 Å². The number of rotatable bonds is 6. The highest BCUT2D eigenvalue weighted by atomic mass is 35.5. The molecule has 1 aromatic rings. The van der Waals surface area contributed by atoms with E-state index < -0.39 is 0 Å². The Morgan fingerprint density at radius 1 is 1.38 bits per heavy atom. The number of halogens is 1. The molecule has 0 aliphatic heterocycles. The van der Waals surface area contributed by atoms with Gasteiger partial charge < -0.3 is 10.6 Å². The SMILES string of the molecule is CCNCCCNC(=O)c1cccc(Cl)c1. The first kappa shape index (κ1) is 13.0. The van der Waals surface area contributed by atoms with Crippen LogP contribution >= 0.6 is 11.6 Å². The fourth-order valence-corrected chi connectivity index (χ4v) is 1.51. The second-order valence-corrected chi connectivity index (χ2v) is 3.91. The van der Waals surface area contributed by atoms with E-state index in [9.17, 15) is 4.79 Å². The van der Waals surface area contributed by atoms with Crippen LogP contribution in [0.25, 0.3) is 0 Å². The summed E-state index contributed by atoms with van der Waals surface area (Å²) in [5.41, 5.74) is 0.607. The maximum absolute atomic E-state index is 11.6. The van der Waals surface area contributed by atoms with Gasteiger partial charge in [-0.2, -0.15) is 0 Å². The van der Waals surface area contributed by atoms with E-state index in [0.717, 1.165) is 19.5 Å². The van der Waals surface area contributed by atoms with Gasteiger partial charge in [-0.05, 0) is 37.7 Å². The second kappa shape index (κ2) is 7.25. The predicted molar refractivity (Wildman–Crippen MR) is 66.9 cm³/mol. The Hall–Kier alpha value is -1.06. The summed E-state index contributed by atoms with van der Waals surface area (Å²) in [6.07, 6.45) is 0.931. The van der Waals surface area contributed by atoms with Gasteiger partial charge in [0.1, 0.15) is 0 Å². The van der Waals surface area contributed by atoms with E-state index in [1.54, 1.807) is 24.3 Å². The van der Waals surface area contributed by atoms with Crippen molar-refractivity contribution in [2.75, 3.05) is 19.6 Å². The molecule has 0 unspecified atom stereocenters. The third-order valence-corrected chi connectivity index (χ3v) is 2.39. The van der Waals surface area contributed by atoms with E-state index in [4.69, 9.17) is 11.6 Å². The molecule has 0 atom stereocenters. The number of benzene rings is 1. The fraction of sp³-hybridized carbons (Fsp3) is 0.417. The molecule has 1 amide bonds. The van der Waals surface area contributed by atoms with Crippen molar-refractivity contribution in [3.05, 3.63) is 34.9 Å². The van der Waals surface area contributed by atoms with E-state index in [2.05, 4.69) is 17.6 Å². The highest BCUT2D eigenvalue weighted by Gasteiger charge is 2.04. The van der Waals surface area contributed by atoms with Crippen molar-refractivity contribution in [2.45, 2.75) is 13.3 Å². The van der Waals surface area contributed by atoms with Crippen LogP contribution in [0.1, 0.15) is 23.7 Å². The Kier molecular flexibility index (Phi) is 5.90. The van der Waals surface area contributed by atoms with Gasteiger partial charge >= 0.3 is 0 Å². The van der Waals surface area contributed by atoms with Gasteiger partial charge in [0.25, 0.3) is 5.91 Å². The number of hydrogen-bond donors (Lipinski definition) is 2. The summed E-state index contributed by atoms with van der Waals surface area (Å²) in [5, 5.41) is 6.63. The third kappa shape index (κ3) is 4.64. The molecule has 0 saturated carbocycles. The van der Waals surface area contributed by atoms with Gasteiger partial charge in [-0.25, -0.2) is 0 Å². The van der Waals surface area contributed by atoms with Gasteiger partial charge in [0.05, 0.1) is 0 Å². The van der Waals surface area contributed by atoms with E-state index >= 15 is 0 Å². The zero-order valence-corrected chi connectivity index (χ0v) is 10.2. The molecule has 3 nitrogen and oxygen atoms in total. The van der Waals surface area contributed by atoms with Crippen molar-refractivity contribution in [3.63, 3.8) is 0 Å². The second-order valence-electron chi connectivity index (χ2n) is 3.47. The zero-order chi connectivity index (χ0) is 11.8. The standard InChI is InChI=1S/C12H17ClN2O/c1-2-14-7-4-8-15-12(16)10-5-3-6-11(13)9-10/h3,5-6,9,14H,2,4,7-8H2,1H3,(H,15,16). The number of carbonyl (C=O) groups is 1. The lowest BCUT2D eigenvalue weighted by Gasteiger charge is -2.05. The molecule has 0 aliphatic carbocycles. The van der Waals surface area contributed by atoms with Crippen LogP contribution in [0.3, 0.4) is 0 Å². The molecule has 4 heteroatoms. The number of amides is 1. The molecule has 1 aromatic carbocycles. The van der Waals surface area contributed by atoms with Crippen LogP contribution in [0.5, 0.6) is 0 Å². The van der Waals surface area contributed by atoms with E-state index in [0.29, 0.717) is 17.1 Å². The molecule has 88 valence electrons. The molecular weight excluding hydrogens is 224 g/mol. The summed E-state index contributed by atoms with van der Waals surface area (Å²) in [5.74, 6) is -0.0704. The molecule has 0 saturated heterocycles. The minimum absolute atomic E-state index is 0.0704. The maximum atomic E-state index is 11.6. The Bertz CT molecular complexity index is 342. The minimum atomic E-state index is -0.0704. The molecule has 16 heavy (non-hydrogen) atoms. The summed E-state index contributed by atoms with van der Waals surface area (Å²) >= 11 is 5.80. The fourth-order valence-electron chi connectivity index (χ4n) is 1.32. The monoisotopic (exact) mass is 240 g/mol. The van der Waals surface area contributed by atoms with Crippen molar-refractivity contribution in [3.8, 4) is 0 Å². The average Bonchev–Trinajstić information content (AvgIpc) is 2.28. The average molecular weight is 241 g/mol. The van der Waals surface area contributed by atoms with Gasteiger partial charge in [-0.3, -0.25) is 4.79 Å². The molecule has 0 spiro atoms. The molecule has 0 heterocycles. The normalized spacial score (nSPS) is 10.1. The Labute approximate surface area is 101 Å². The van der Waals surface area contributed by atoms with E-state index in [1.807, 2.05) is 0 Å². The minimum Gasteiger partial charge on any atom is -0.352 e. The van der Waals surface area contributed by atoms with Crippen LogP contribution in [0, 0.1) is 0 Å². The topological polar surface area (TPSA) is 41.1 Å². The maximum Gasteiger partial charge on any atom is 0.251 e. The predicted octanol–water partition coefficient (Wildman–Crippen LogP) is 2.07. The lowest BCUT2D eigenvalue weighted by molar-refractivity contribution is 0.0953. The van der Waals surface area contributed by atoms with Gasteiger partial charge in [-0.15, -0.1) is 0 Å². The van der Waals surface area contributed by atoms with Gasteiger partial charge in [0, 0.05) is 17.1 Å². The van der Waals surface area contributed by atoms with Crippen LogP contribution in [0.2, 0.25) is 5.02 Å². The number of hydrogen-bond acceptors (Lipinski definition) is 2. The Balaban J connectivity index is 2.30. The van der Waals surface area contributed by atoms with E-state index in [1.165, 1.54) is 0 Å². The molecular formula is C12H17ClN2O. The Morgan fingerprint density at radius 2 is 2.19 bits per heavy atom. The van der Waals surface area contributed by atoms with Crippen molar-refractivity contribution in [1.82, 2.24) is 10.6 Å². The Morgan fingerprint density at radius 3 is 2.88 bits per heavy atom. The van der Waals surface area contributed by atoms with Gasteiger partial charge in [-0.1, -0.05) is 24.6 Å². The van der Waals surface area contributed by atoms with Crippen molar-refractivity contribution >= 4 is 17.5 Å². The quantitative estimate of drug-likeness (QED) is 0.748. The molecule has 0 radical (unpaired) electrons. The molecule has 1 rings (SSSR count). The molecule has 0 aromatic heterocycles. The van der Waals surface area contributed by atoms with Crippen molar-refractivity contribution in [1.29, 1.82) is 0 Å². The highest BCUT2D eigenvalue weighted by Crippen LogP contribution is 2.10. The largest absolute Gasteiger partial charge is 0.352 e.